The van der Waals surface area contributed by atoms with Gasteiger partial charge in [0.1, 0.15) is 0 Å². The van der Waals surface area contributed by atoms with Crippen LogP contribution in [0.25, 0.3) is 0 Å². The van der Waals surface area contributed by atoms with Crippen LogP contribution in [0, 0.1) is 5.92 Å². The van der Waals surface area contributed by atoms with E-state index in [1.165, 1.54) is 0 Å². The zero-order valence-corrected chi connectivity index (χ0v) is 12.0. The van der Waals surface area contributed by atoms with E-state index >= 15 is 0 Å². The number of allylic oxidation sites excluding steroid dienone is 2. The normalized spacial score (nSPS) is 42.7. The second-order valence-corrected chi connectivity index (χ2v) is 7.50. The summed E-state index contributed by atoms with van der Waals surface area (Å²) in [5.41, 5.74) is 0.941. The molecule has 2 aliphatic heterocycles. The van der Waals surface area contributed by atoms with Crippen LogP contribution in [-0.4, -0.2) is 32.1 Å². The fourth-order valence-electron chi connectivity index (χ4n) is 3.46. The van der Waals surface area contributed by atoms with Crippen LogP contribution in [0.5, 0.6) is 0 Å². The standard InChI is InChI=1S/C14H19NO3S/c1-8-9(2)19(18)14(11(8)15-13(14)17)12(16)10-6-4-3-5-7-10/h4,6,10-12,16H,3,5,7H2,1-2H3,(H,15,17)/t10-,11+,12+,14+,19?/m1/s1. The Kier molecular flexibility index (Phi) is 2.94. The topological polar surface area (TPSA) is 66.4 Å². The molecule has 0 bridgehead atoms. The SMILES string of the molecule is CC1=C(C)S(=O)[C@@]2([C@@H](O)[C@@H]3C=CCCC3)C(=O)N[C@@H]12. The van der Waals surface area contributed by atoms with Crippen molar-refractivity contribution in [1.29, 1.82) is 0 Å². The molecule has 0 aromatic heterocycles. The predicted molar refractivity (Wildman–Crippen MR) is 73.7 cm³/mol. The van der Waals surface area contributed by atoms with Crippen molar-refractivity contribution in [2.75, 3.05) is 0 Å². The molecule has 1 saturated heterocycles. The van der Waals surface area contributed by atoms with Crippen molar-refractivity contribution < 1.29 is 14.1 Å². The van der Waals surface area contributed by atoms with E-state index in [1.54, 1.807) is 6.92 Å². The van der Waals surface area contributed by atoms with E-state index < -0.39 is 21.7 Å². The van der Waals surface area contributed by atoms with Gasteiger partial charge in [0.15, 0.2) is 4.75 Å². The highest BCUT2D eigenvalue weighted by Crippen LogP contribution is 2.48. The molecule has 4 nitrogen and oxygen atoms in total. The van der Waals surface area contributed by atoms with Crippen molar-refractivity contribution in [3.8, 4) is 0 Å². The number of fused-ring (bicyclic) bond motifs is 1. The van der Waals surface area contributed by atoms with Crippen molar-refractivity contribution in [1.82, 2.24) is 5.32 Å². The number of β-lactam (4-membered cyclic amide) rings is 1. The summed E-state index contributed by atoms with van der Waals surface area (Å²) in [4.78, 5) is 12.8. The molecular weight excluding hydrogens is 262 g/mol. The number of carbonyl (C=O) groups is 1. The minimum Gasteiger partial charge on any atom is -0.390 e. The molecule has 3 rings (SSSR count). The van der Waals surface area contributed by atoms with E-state index in [0.29, 0.717) is 0 Å². The molecule has 19 heavy (non-hydrogen) atoms. The molecule has 3 aliphatic rings. The second-order valence-electron chi connectivity index (χ2n) is 5.68. The van der Waals surface area contributed by atoms with Crippen molar-refractivity contribution in [3.63, 3.8) is 0 Å². The van der Waals surface area contributed by atoms with Crippen LogP contribution in [0.2, 0.25) is 0 Å². The van der Waals surface area contributed by atoms with Crippen molar-refractivity contribution in [2.45, 2.75) is 50.0 Å². The molecule has 5 atom stereocenters. The zero-order valence-electron chi connectivity index (χ0n) is 11.2. The third kappa shape index (κ3) is 1.48. The van der Waals surface area contributed by atoms with Gasteiger partial charge in [-0.25, -0.2) is 0 Å². The summed E-state index contributed by atoms with van der Waals surface area (Å²) in [6, 6.07) is -0.258. The number of rotatable bonds is 2. The fourth-order valence-corrected chi connectivity index (χ4v) is 5.45. The van der Waals surface area contributed by atoms with Crippen LogP contribution in [0.3, 0.4) is 0 Å². The monoisotopic (exact) mass is 281 g/mol. The second kappa shape index (κ2) is 4.28. The summed E-state index contributed by atoms with van der Waals surface area (Å²) in [6.45, 7) is 3.69. The Morgan fingerprint density at radius 1 is 1.53 bits per heavy atom. The van der Waals surface area contributed by atoms with E-state index in [4.69, 9.17) is 0 Å². The van der Waals surface area contributed by atoms with Gasteiger partial charge in [0.2, 0.25) is 5.91 Å². The molecule has 2 N–H and O–H groups in total. The van der Waals surface area contributed by atoms with Crippen LogP contribution >= 0.6 is 0 Å². The summed E-state index contributed by atoms with van der Waals surface area (Å²) >= 11 is 0. The minimum absolute atomic E-state index is 0.0649. The molecule has 0 radical (unpaired) electrons. The zero-order chi connectivity index (χ0) is 13.8. The number of nitrogens with one attached hydrogen (secondary N) is 1. The van der Waals surface area contributed by atoms with Crippen LogP contribution in [0.1, 0.15) is 33.1 Å². The van der Waals surface area contributed by atoms with E-state index in [2.05, 4.69) is 5.32 Å². The van der Waals surface area contributed by atoms with Crippen molar-refractivity contribution in [3.05, 3.63) is 22.6 Å². The first-order chi connectivity index (χ1) is 9.01. The Morgan fingerprint density at radius 2 is 2.26 bits per heavy atom. The largest absolute Gasteiger partial charge is 0.390 e. The lowest BCUT2D eigenvalue weighted by Gasteiger charge is -2.48. The average molecular weight is 281 g/mol. The maximum Gasteiger partial charge on any atom is 0.244 e. The smallest absolute Gasteiger partial charge is 0.244 e. The average Bonchev–Trinajstić information content (AvgIpc) is 2.57. The van der Waals surface area contributed by atoms with Gasteiger partial charge in [0, 0.05) is 10.8 Å². The molecular formula is C14H19NO3S. The van der Waals surface area contributed by atoms with Gasteiger partial charge < -0.3 is 10.4 Å². The lowest BCUT2D eigenvalue weighted by Crippen LogP contribution is -2.77. The lowest BCUT2D eigenvalue weighted by molar-refractivity contribution is -0.137. The summed E-state index contributed by atoms with van der Waals surface area (Å²) in [5, 5.41) is 13.5. The molecule has 5 heteroatoms. The van der Waals surface area contributed by atoms with Crippen LogP contribution < -0.4 is 5.32 Å². The van der Waals surface area contributed by atoms with Crippen LogP contribution in [-0.2, 0) is 15.6 Å². The molecule has 0 spiro atoms. The Bertz CT molecular complexity index is 525. The third-order valence-electron chi connectivity index (χ3n) is 4.77. The first-order valence-electron chi connectivity index (χ1n) is 6.76. The highest BCUT2D eigenvalue weighted by molar-refractivity contribution is 7.91. The molecule has 0 aromatic rings. The summed E-state index contributed by atoms with van der Waals surface area (Å²) < 4.78 is 11.5. The number of hydrogen-bond acceptors (Lipinski definition) is 3. The first kappa shape index (κ1) is 13.1. The minimum atomic E-state index is -1.42. The summed E-state index contributed by atoms with van der Waals surface area (Å²) in [5.74, 6) is -0.330. The molecule has 1 aliphatic carbocycles. The van der Waals surface area contributed by atoms with E-state index in [-0.39, 0.29) is 17.9 Å². The number of carbonyl (C=O) groups excluding carboxylic acids is 1. The molecule has 0 saturated carbocycles. The summed E-state index contributed by atoms with van der Waals surface area (Å²) in [6.07, 6.45) is 6.05. The lowest BCUT2D eigenvalue weighted by atomic mass is 9.74. The first-order valence-corrected chi connectivity index (χ1v) is 7.91. The van der Waals surface area contributed by atoms with E-state index in [1.807, 2.05) is 19.1 Å². The van der Waals surface area contributed by atoms with Gasteiger partial charge in [-0.3, -0.25) is 9.00 Å². The third-order valence-corrected chi connectivity index (χ3v) is 6.92. The van der Waals surface area contributed by atoms with E-state index in [9.17, 15) is 14.1 Å². The summed E-state index contributed by atoms with van der Waals surface area (Å²) in [7, 11) is -1.42. The number of aliphatic hydroxyl groups is 1. The molecule has 0 aromatic carbocycles. The van der Waals surface area contributed by atoms with Gasteiger partial charge in [0.25, 0.3) is 0 Å². The van der Waals surface area contributed by atoms with Gasteiger partial charge in [0.05, 0.1) is 22.9 Å². The highest BCUT2D eigenvalue weighted by atomic mass is 32.2. The highest BCUT2D eigenvalue weighted by Gasteiger charge is 2.69. The van der Waals surface area contributed by atoms with Crippen molar-refractivity contribution >= 4 is 16.7 Å². The molecule has 1 fully saturated rings. The van der Waals surface area contributed by atoms with Gasteiger partial charge in [-0.2, -0.15) is 0 Å². The number of aliphatic hydroxyl groups excluding tert-OH is 1. The van der Waals surface area contributed by atoms with Gasteiger partial charge >= 0.3 is 0 Å². The molecule has 104 valence electrons. The number of hydrogen-bond donors (Lipinski definition) is 2. The van der Waals surface area contributed by atoms with Crippen LogP contribution in [0.4, 0.5) is 0 Å². The fraction of sp³-hybridized carbons (Fsp3) is 0.643. The molecule has 1 amide bonds. The van der Waals surface area contributed by atoms with Crippen molar-refractivity contribution in [2.24, 2.45) is 5.92 Å². The Labute approximate surface area is 115 Å². The van der Waals surface area contributed by atoms with Gasteiger partial charge in [-0.15, -0.1) is 0 Å². The maximum atomic E-state index is 12.6. The predicted octanol–water partition coefficient (Wildman–Crippen LogP) is 0.997. The maximum absolute atomic E-state index is 12.6. The Balaban J connectivity index is 1.98. The van der Waals surface area contributed by atoms with Crippen LogP contribution in [0.15, 0.2) is 22.6 Å². The number of amides is 1. The quantitative estimate of drug-likeness (QED) is 0.586. The molecule has 2 heterocycles. The Hall–Kier alpha value is -0.940. The van der Waals surface area contributed by atoms with Gasteiger partial charge in [-0.1, -0.05) is 12.2 Å². The molecule has 1 unspecified atom stereocenters. The Morgan fingerprint density at radius 3 is 2.79 bits per heavy atom. The van der Waals surface area contributed by atoms with Gasteiger partial charge in [-0.05, 0) is 38.7 Å². The van der Waals surface area contributed by atoms with E-state index in [0.717, 1.165) is 29.7 Å².